The molecule has 2 aliphatic heterocycles. The fourth-order valence-corrected chi connectivity index (χ4v) is 2.55. The van der Waals surface area contributed by atoms with Gasteiger partial charge in [-0.05, 0) is 26.7 Å². The number of nitrogens with zero attached hydrogens (tertiary/aromatic N) is 1. The number of fused-ring (bicyclic) bond motifs is 1. The van der Waals surface area contributed by atoms with Crippen LogP contribution < -0.4 is 0 Å². The van der Waals surface area contributed by atoms with Gasteiger partial charge in [0, 0.05) is 12.6 Å². The average Bonchev–Trinajstić information content (AvgIpc) is 2.12. The monoisotopic (exact) mass is 199 g/mol. The van der Waals surface area contributed by atoms with Crippen molar-refractivity contribution in [2.45, 2.75) is 38.5 Å². The lowest BCUT2D eigenvalue weighted by Gasteiger charge is -2.57. The van der Waals surface area contributed by atoms with Crippen molar-refractivity contribution in [3.63, 3.8) is 0 Å². The smallest absolute Gasteiger partial charge is 0.230 e. The third kappa shape index (κ3) is 1.25. The van der Waals surface area contributed by atoms with Gasteiger partial charge in [0.2, 0.25) is 5.91 Å². The van der Waals surface area contributed by atoms with Gasteiger partial charge in [-0.3, -0.25) is 4.79 Å². The molecule has 0 bridgehead atoms. The molecule has 2 unspecified atom stereocenters. The number of aliphatic hydroxyl groups is 1. The highest BCUT2D eigenvalue weighted by atomic mass is 16.5. The third-order valence-corrected chi connectivity index (χ3v) is 3.24. The van der Waals surface area contributed by atoms with Crippen molar-refractivity contribution in [2.75, 3.05) is 13.2 Å². The van der Waals surface area contributed by atoms with Crippen molar-refractivity contribution in [3.8, 4) is 0 Å². The molecule has 14 heavy (non-hydrogen) atoms. The van der Waals surface area contributed by atoms with Crippen LogP contribution in [0.3, 0.4) is 0 Å². The van der Waals surface area contributed by atoms with Crippen LogP contribution in [-0.2, 0) is 9.53 Å². The van der Waals surface area contributed by atoms with E-state index in [1.807, 2.05) is 18.7 Å². The Kier molecular flexibility index (Phi) is 2.27. The lowest BCUT2D eigenvalue weighted by molar-refractivity contribution is -0.234. The van der Waals surface area contributed by atoms with Gasteiger partial charge in [-0.2, -0.15) is 0 Å². The number of rotatable bonds is 2. The van der Waals surface area contributed by atoms with Gasteiger partial charge >= 0.3 is 0 Å². The van der Waals surface area contributed by atoms with E-state index in [-0.39, 0.29) is 18.4 Å². The summed E-state index contributed by atoms with van der Waals surface area (Å²) >= 11 is 0. The topological polar surface area (TPSA) is 49.8 Å². The molecule has 4 nitrogen and oxygen atoms in total. The van der Waals surface area contributed by atoms with E-state index in [0.29, 0.717) is 19.1 Å². The molecule has 0 aromatic rings. The number of aliphatic hydroxyl groups excluding tert-OH is 1. The summed E-state index contributed by atoms with van der Waals surface area (Å²) in [6.07, 6.45) is 1.50. The molecular formula is C10H17NO3. The zero-order chi connectivity index (χ0) is 10.3. The molecule has 80 valence electrons. The standard InChI is InChI=1S/C10H17NO3/c1-10(2)11-8(4-6-14-10)7(3-5-12)9(11)13/h7-8,12H,3-6H2,1-2H3. The summed E-state index contributed by atoms with van der Waals surface area (Å²) in [5.74, 6) is 0.164. The highest BCUT2D eigenvalue weighted by Gasteiger charge is 2.54. The maximum atomic E-state index is 11.7. The Hall–Kier alpha value is -0.610. The van der Waals surface area contributed by atoms with Gasteiger partial charge in [-0.1, -0.05) is 0 Å². The van der Waals surface area contributed by atoms with Gasteiger partial charge in [-0.15, -0.1) is 0 Å². The lowest BCUT2D eigenvalue weighted by atomic mass is 9.80. The summed E-state index contributed by atoms with van der Waals surface area (Å²) < 4.78 is 5.54. The van der Waals surface area contributed by atoms with E-state index in [1.54, 1.807) is 0 Å². The van der Waals surface area contributed by atoms with Crippen LogP contribution in [0.4, 0.5) is 0 Å². The van der Waals surface area contributed by atoms with Crippen molar-refractivity contribution in [1.82, 2.24) is 4.90 Å². The molecule has 0 radical (unpaired) electrons. The Morgan fingerprint density at radius 2 is 2.36 bits per heavy atom. The maximum absolute atomic E-state index is 11.7. The Labute approximate surface area is 83.8 Å². The number of amides is 1. The molecule has 4 heteroatoms. The highest BCUT2D eigenvalue weighted by molar-refractivity contribution is 5.86. The van der Waals surface area contributed by atoms with Gasteiger partial charge in [0.25, 0.3) is 0 Å². The second-order valence-electron chi connectivity index (χ2n) is 4.48. The molecule has 2 aliphatic rings. The third-order valence-electron chi connectivity index (χ3n) is 3.24. The minimum absolute atomic E-state index is 0.0307. The van der Waals surface area contributed by atoms with Crippen LogP contribution in [0.5, 0.6) is 0 Å². The molecule has 2 rings (SSSR count). The SMILES string of the molecule is CC1(C)OCCC2C(CCO)C(=O)N21. The quantitative estimate of drug-likeness (QED) is 0.653. The summed E-state index contributed by atoms with van der Waals surface area (Å²) in [6.45, 7) is 4.66. The minimum Gasteiger partial charge on any atom is -0.396 e. The van der Waals surface area contributed by atoms with Crippen LogP contribution in [0.25, 0.3) is 0 Å². The van der Waals surface area contributed by atoms with Gasteiger partial charge in [0.15, 0.2) is 0 Å². The van der Waals surface area contributed by atoms with E-state index in [4.69, 9.17) is 9.84 Å². The Balaban J connectivity index is 2.09. The van der Waals surface area contributed by atoms with Crippen LogP contribution in [-0.4, -0.2) is 40.9 Å². The molecule has 0 saturated carbocycles. The van der Waals surface area contributed by atoms with Crippen LogP contribution in [0, 0.1) is 5.92 Å². The molecule has 1 N–H and O–H groups in total. The second-order valence-corrected chi connectivity index (χ2v) is 4.48. The zero-order valence-electron chi connectivity index (χ0n) is 8.69. The van der Waals surface area contributed by atoms with Crippen molar-refractivity contribution >= 4 is 5.91 Å². The largest absolute Gasteiger partial charge is 0.396 e. The molecule has 2 heterocycles. The average molecular weight is 199 g/mol. The van der Waals surface area contributed by atoms with Gasteiger partial charge < -0.3 is 14.7 Å². The highest BCUT2D eigenvalue weighted by Crippen LogP contribution is 2.41. The predicted molar refractivity (Wildman–Crippen MR) is 50.5 cm³/mol. The minimum atomic E-state index is -0.452. The first-order chi connectivity index (χ1) is 6.58. The van der Waals surface area contributed by atoms with Crippen molar-refractivity contribution in [2.24, 2.45) is 5.92 Å². The molecule has 0 aromatic carbocycles. The van der Waals surface area contributed by atoms with Gasteiger partial charge in [-0.25, -0.2) is 0 Å². The van der Waals surface area contributed by atoms with Crippen LogP contribution in [0.1, 0.15) is 26.7 Å². The van der Waals surface area contributed by atoms with Gasteiger partial charge in [0.05, 0.1) is 12.5 Å². The Morgan fingerprint density at radius 1 is 1.64 bits per heavy atom. The van der Waals surface area contributed by atoms with Crippen molar-refractivity contribution in [1.29, 1.82) is 0 Å². The van der Waals surface area contributed by atoms with Crippen LogP contribution >= 0.6 is 0 Å². The van der Waals surface area contributed by atoms with E-state index in [0.717, 1.165) is 6.42 Å². The lowest BCUT2D eigenvalue weighted by Crippen LogP contribution is -2.71. The Morgan fingerprint density at radius 3 is 3.00 bits per heavy atom. The van der Waals surface area contributed by atoms with E-state index in [2.05, 4.69) is 0 Å². The number of hydrogen-bond donors (Lipinski definition) is 1. The van der Waals surface area contributed by atoms with Gasteiger partial charge in [0.1, 0.15) is 5.72 Å². The fourth-order valence-electron chi connectivity index (χ4n) is 2.55. The molecule has 1 amide bonds. The summed E-state index contributed by atoms with van der Waals surface area (Å²) in [5.41, 5.74) is -0.452. The Bertz CT molecular complexity index is 252. The number of carbonyl (C=O) groups excluding carboxylic acids is 1. The zero-order valence-corrected chi connectivity index (χ0v) is 8.69. The normalized spacial score (nSPS) is 35.1. The summed E-state index contributed by atoms with van der Waals surface area (Å²) in [7, 11) is 0. The van der Waals surface area contributed by atoms with E-state index in [9.17, 15) is 4.79 Å². The molecular weight excluding hydrogens is 182 g/mol. The fraction of sp³-hybridized carbons (Fsp3) is 0.900. The number of ether oxygens (including phenoxy) is 1. The molecule has 0 spiro atoms. The first-order valence-electron chi connectivity index (χ1n) is 5.16. The summed E-state index contributed by atoms with van der Waals surface area (Å²) in [5, 5.41) is 8.84. The molecule has 2 atom stereocenters. The van der Waals surface area contributed by atoms with E-state index < -0.39 is 5.72 Å². The molecule has 0 aliphatic carbocycles. The molecule has 0 aromatic heterocycles. The van der Waals surface area contributed by atoms with Crippen LogP contribution in [0.15, 0.2) is 0 Å². The molecule has 2 saturated heterocycles. The number of hydrogen-bond acceptors (Lipinski definition) is 3. The van der Waals surface area contributed by atoms with Crippen molar-refractivity contribution < 1.29 is 14.6 Å². The predicted octanol–water partition coefficient (Wildman–Crippen LogP) is 0.352. The van der Waals surface area contributed by atoms with Crippen molar-refractivity contribution in [3.05, 3.63) is 0 Å². The first-order valence-corrected chi connectivity index (χ1v) is 5.16. The number of carbonyl (C=O) groups is 1. The molecule has 2 fully saturated rings. The second kappa shape index (κ2) is 3.21. The van der Waals surface area contributed by atoms with E-state index in [1.165, 1.54) is 0 Å². The number of β-lactam (4-membered cyclic amide) rings is 1. The summed E-state index contributed by atoms with van der Waals surface area (Å²) in [6, 6.07) is 0.290. The van der Waals surface area contributed by atoms with Crippen LogP contribution in [0.2, 0.25) is 0 Å². The summed E-state index contributed by atoms with van der Waals surface area (Å²) in [4.78, 5) is 13.6. The van der Waals surface area contributed by atoms with E-state index >= 15 is 0 Å². The maximum Gasteiger partial charge on any atom is 0.230 e. The first kappa shape index (κ1) is 9.93.